The molecule has 0 spiro atoms. The van der Waals surface area contributed by atoms with Gasteiger partial charge in [-0.25, -0.2) is 8.78 Å². The highest BCUT2D eigenvalue weighted by Crippen LogP contribution is 2.34. The molecular formula is C17H17F2N. The van der Waals surface area contributed by atoms with Crippen LogP contribution in [0, 0.1) is 11.6 Å². The molecule has 1 aliphatic rings. The third-order valence-corrected chi connectivity index (χ3v) is 4.03. The zero-order valence-corrected chi connectivity index (χ0v) is 11.4. The van der Waals surface area contributed by atoms with Crippen LogP contribution in [0.4, 0.5) is 8.78 Å². The monoisotopic (exact) mass is 273 g/mol. The largest absolute Gasteiger partial charge is 0.303 e. The summed E-state index contributed by atoms with van der Waals surface area (Å²) in [7, 11) is 0. The van der Waals surface area contributed by atoms with Crippen molar-refractivity contribution in [3.63, 3.8) is 0 Å². The van der Waals surface area contributed by atoms with Crippen molar-refractivity contribution in [3.05, 3.63) is 70.8 Å². The molecule has 1 N–H and O–H groups in total. The first kappa shape index (κ1) is 13.3. The minimum Gasteiger partial charge on any atom is -0.303 e. The molecule has 0 heterocycles. The van der Waals surface area contributed by atoms with Crippen LogP contribution in [0.5, 0.6) is 0 Å². The Morgan fingerprint density at radius 2 is 1.85 bits per heavy atom. The summed E-state index contributed by atoms with van der Waals surface area (Å²) < 4.78 is 26.6. The van der Waals surface area contributed by atoms with Gasteiger partial charge in [0, 0.05) is 12.1 Å². The molecule has 104 valence electrons. The summed E-state index contributed by atoms with van der Waals surface area (Å²) in [5, 5.41) is 3.51. The first-order valence-corrected chi connectivity index (χ1v) is 6.94. The van der Waals surface area contributed by atoms with Crippen LogP contribution in [0.3, 0.4) is 0 Å². The van der Waals surface area contributed by atoms with Gasteiger partial charge in [0.25, 0.3) is 0 Å². The minimum absolute atomic E-state index is 0.106. The number of halogens is 2. The first-order chi connectivity index (χ1) is 9.65. The van der Waals surface area contributed by atoms with Gasteiger partial charge in [0.1, 0.15) is 11.6 Å². The molecule has 0 fully saturated rings. The van der Waals surface area contributed by atoms with Gasteiger partial charge in [0.2, 0.25) is 0 Å². The van der Waals surface area contributed by atoms with Crippen LogP contribution in [0.2, 0.25) is 0 Å². The molecule has 0 aliphatic heterocycles. The SMILES string of the molecule is C[C@@H](NC1CCc2c(F)cccc21)c1ccc(F)cc1. The molecule has 3 rings (SSSR count). The molecule has 2 aromatic carbocycles. The van der Waals surface area contributed by atoms with E-state index in [1.54, 1.807) is 18.2 Å². The van der Waals surface area contributed by atoms with Crippen molar-refractivity contribution < 1.29 is 8.78 Å². The van der Waals surface area contributed by atoms with E-state index in [4.69, 9.17) is 0 Å². The lowest BCUT2D eigenvalue weighted by Gasteiger charge is -2.21. The summed E-state index contributed by atoms with van der Waals surface area (Å²) in [5.74, 6) is -0.338. The van der Waals surface area contributed by atoms with Gasteiger partial charge in [0.15, 0.2) is 0 Å². The maximum absolute atomic E-state index is 13.7. The lowest BCUT2D eigenvalue weighted by Crippen LogP contribution is -2.23. The zero-order chi connectivity index (χ0) is 14.1. The molecule has 2 atom stereocenters. The minimum atomic E-state index is -0.228. The van der Waals surface area contributed by atoms with E-state index in [1.165, 1.54) is 18.2 Å². The molecule has 0 aromatic heterocycles. The van der Waals surface area contributed by atoms with E-state index in [-0.39, 0.29) is 23.7 Å². The molecule has 3 heteroatoms. The summed E-state index contributed by atoms with van der Waals surface area (Å²) in [5.41, 5.74) is 2.92. The topological polar surface area (TPSA) is 12.0 Å². The van der Waals surface area contributed by atoms with Crippen LogP contribution in [0.15, 0.2) is 42.5 Å². The number of benzene rings is 2. The number of hydrogen-bond donors (Lipinski definition) is 1. The van der Waals surface area contributed by atoms with Crippen molar-refractivity contribution in [2.75, 3.05) is 0 Å². The fourth-order valence-corrected chi connectivity index (χ4v) is 2.93. The summed E-state index contributed by atoms with van der Waals surface area (Å²) in [6.07, 6.45) is 1.68. The Balaban J connectivity index is 1.77. The Bertz CT molecular complexity index is 607. The number of rotatable bonds is 3. The fraction of sp³-hybridized carbons (Fsp3) is 0.294. The zero-order valence-electron chi connectivity index (χ0n) is 11.4. The third kappa shape index (κ3) is 2.46. The van der Waals surface area contributed by atoms with Crippen LogP contribution in [-0.2, 0) is 6.42 Å². The summed E-state index contributed by atoms with van der Waals surface area (Å²) in [6, 6.07) is 12.0. The van der Waals surface area contributed by atoms with Gasteiger partial charge in [-0.3, -0.25) is 0 Å². The average Bonchev–Trinajstić information content (AvgIpc) is 2.84. The first-order valence-electron chi connectivity index (χ1n) is 6.94. The van der Waals surface area contributed by atoms with E-state index >= 15 is 0 Å². The van der Waals surface area contributed by atoms with Gasteiger partial charge >= 0.3 is 0 Å². The number of fused-ring (bicyclic) bond motifs is 1. The van der Waals surface area contributed by atoms with Crippen molar-refractivity contribution in [1.29, 1.82) is 0 Å². The van der Waals surface area contributed by atoms with Gasteiger partial charge in [-0.05, 0) is 54.7 Å². The highest BCUT2D eigenvalue weighted by Gasteiger charge is 2.25. The summed E-state index contributed by atoms with van der Waals surface area (Å²) in [6.45, 7) is 2.05. The maximum Gasteiger partial charge on any atom is 0.126 e. The second-order valence-electron chi connectivity index (χ2n) is 5.34. The Morgan fingerprint density at radius 3 is 2.60 bits per heavy atom. The molecule has 0 saturated carbocycles. The summed E-state index contributed by atoms with van der Waals surface area (Å²) >= 11 is 0. The predicted octanol–water partition coefficient (Wildman–Crippen LogP) is 4.30. The predicted molar refractivity (Wildman–Crippen MR) is 75.4 cm³/mol. The van der Waals surface area contributed by atoms with Crippen molar-refractivity contribution in [3.8, 4) is 0 Å². The Morgan fingerprint density at radius 1 is 1.10 bits per heavy atom. The Hall–Kier alpha value is -1.74. The van der Waals surface area contributed by atoms with Crippen LogP contribution < -0.4 is 5.32 Å². The molecule has 0 amide bonds. The maximum atomic E-state index is 13.7. The molecular weight excluding hydrogens is 256 g/mol. The van der Waals surface area contributed by atoms with Gasteiger partial charge < -0.3 is 5.32 Å². The summed E-state index contributed by atoms with van der Waals surface area (Å²) in [4.78, 5) is 0. The van der Waals surface area contributed by atoms with Crippen molar-refractivity contribution in [2.45, 2.75) is 31.8 Å². The molecule has 20 heavy (non-hydrogen) atoms. The van der Waals surface area contributed by atoms with E-state index in [0.29, 0.717) is 0 Å². The molecule has 0 bridgehead atoms. The molecule has 2 aromatic rings. The molecule has 1 aliphatic carbocycles. The molecule has 0 saturated heterocycles. The molecule has 0 radical (unpaired) electrons. The van der Waals surface area contributed by atoms with Crippen LogP contribution in [0.1, 0.15) is 42.1 Å². The second-order valence-corrected chi connectivity index (χ2v) is 5.34. The fourth-order valence-electron chi connectivity index (χ4n) is 2.93. The second kappa shape index (κ2) is 5.33. The van der Waals surface area contributed by atoms with E-state index in [1.807, 2.05) is 13.0 Å². The lowest BCUT2D eigenvalue weighted by atomic mass is 10.0. The normalized spacial score (nSPS) is 18.9. The van der Waals surface area contributed by atoms with Crippen LogP contribution in [-0.4, -0.2) is 0 Å². The molecule has 1 unspecified atom stereocenters. The lowest BCUT2D eigenvalue weighted by molar-refractivity contribution is 0.464. The van der Waals surface area contributed by atoms with Crippen molar-refractivity contribution >= 4 is 0 Å². The average molecular weight is 273 g/mol. The van der Waals surface area contributed by atoms with Gasteiger partial charge in [-0.2, -0.15) is 0 Å². The van der Waals surface area contributed by atoms with Crippen molar-refractivity contribution in [2.24, 2.45) is 0 Å². The van der Waals surface area contributed by atoms with Gasteiger partial charge in [-0.15, -0.1) is 0 Å². The van der Waals surface area contributed by atoms with Crippen LogP contribution >= 0.6 is 0 Å². The Labute approximate surface area is 117 Å². The van der Waals surface area contributed by atoms with Crippen LogP contribution in [0.25, 0.3) is 0 Å². The third-order valence-electron chi connectivity index (χ3n) is 4.03. The molecule has 1 nitrogen and oxygen atoms in total. The quantitative estimate of drug-likeness (QED) is 0.879. The van der Waals surface area contributed by atoms with E-state index in [2.05, 4.69) is 5.32 Å². The number of nitrogens with one attached hydrogen (secondary N) is 1. The Kier molecular flexibility index (Phi) is 3.53. The highest BCUT2D eigenvalue weighted by molar-refractivity contribution is 5.36. The van der Waals surface area contributed by atoms with E-state index in [0.717, 1.165) is 29.5 Å². The number of hydrogen-bond acceptors (Lipinski definition) is 1. The van der Waals surface area contributed by atoms with Crippen molar-refractivity contribution in [1.82, 2.24) is 5.32 Å². The van der Waals surface area contributed by atoms with E-state index in [9.17, 15) is 8.78 Å². The van der Waals surface area contributed by atoms with Gasteiger partial charge in [0.05, 0.1) is 0 Å². The van der Waals surface area contributed by atoms with Gasteiger partial charge in [-0.1, -0.05) is 24.3 Å². The smallest absolute Gasteiger partial charge is 0.126 e. The van der Waals surface area contributed by atoms with E-state index < -0.39 is 0 Å². The standard InChI is InChI=1S/C17H17F2N/c1-11(12-5-7-13(18)8-6-12)20-17-10-9-14-15(17)3-2-4-16(14)19/h2-8,11,17,20H,9-10H2,1H3/t11-,17?/m1/s1. The highest BCUT2D eigenvalue weighted by atomic mass is 19.1.